The van der Waals surface area contributed by atoms with Crippen LogP contribution in [-0.4, -0.2) is 70.3 Å². The van der Waals surface area contributed by atoms with E-state index in [2.05, 4.69) is 21.3 Å². The van der Waals surface area contributed by atoms with Crippen molar-refractivity contribution in [2.24, 2.45) is 11.8 Å². The average molecular weight is 864 g/mol. The molecule has 2 aromatic heterocycles. The van der Waals surface area contributed by atoms with Gasteiger partial charge in [-0.25, -0.2) is 19.2 Å². The minimum absolute atomic E-state index is 0. The van der Waals surface area contributed by atoms with E-state index in [4.69, 9.17) is 9.47 Å². The average Bonchev–Trinajstić information content (AvgIpc) is 3.21. The molecule has 4 rings (SSSR count). The van der Waals surface area contributed by atoms with E-state index in [1.54, 1.807) is 61.6 Å². The second-order valence-electron chi connectivity index (χ2n) is 14.9. The third-order valence-electron chi connectivity index (χ3n) is 8.93. The highest BCUT2D eigenvalue weighted by Gasteiger charge is 2.25. The molecule has 0 bridgehead atoms. The SMILES string of the molecule is CC(C)[C@H](NC(=O)c1cc[n+](COC(=O)N[C@@H](C)Cc2ccccc2)cc1)C(=O)O.CC(C)[C@H](NC(=O)c1cc[n+](COC(=O)N[C@@H](C)Cc2ccccc2)cc1)C(=O)O.[Cl-]. The number of nitrogens with zero attached hydrogens (tertiary/aromatic N) is 2. The monoisotopic (exact) mass is 863 g/mol. The number of aliphatic carboxylic acids is 2. The Labute approximate surface area is 362 Å². The Balaban J connectivity index is 0.000000413. The first-order chi connectivity index (χ1) is 28.5. The van der Waals surface area contributed by atoms with Crippen LogP contribution < -0.4 is 42.8 Å². The Morgan fingerprint density at radius 1 is 0.508 bits per heavy atom. The normalized spacial score (nSPS) is 12.5. The van der Waals surface area contributed by atoms with Crippen molar-refractivity contribution in [3.8, 4) is 0 Å². The molecule has 0 aliphatic heterocycles. The molecule has 0 saturated heterocycles. The number of ether oxygens (including phenoxy) is 2. The zero-order valence-electron chi connectivity index (χ0n) is 35.1. The summed E-state index contributed by atoms with van der Waals surface area (Å²) in [4.78, 5) is 70.8. The van der Waals surface area contributed by atoms with E-state index in [-0.39, 0.29) is 49.8 Å². The first kappa shape index (κ1) is 50.6. The molecule has 2 heterocycles. The molecule has 0 spiro atoms. The van der Waals surface area contributed by atoms with Gasteiger partial charge in [0.1, 0.15) is 12.1 Å². The molecule has 4 aromatic rings. The molecule has 6 N–H and O–H groups in total. The number of carboxylic acids is 2. The van der Waals surface area contributed by atoms with Crippen molar-refractivity contribution in [1.82, 2.24) is 21.3 Å². The summed E-state index contributed by atoms with van der Waals surface area (Å²) in [6, 6.07) is 23.7. The van der Waals surface area contributed by atoms with Gasteiger partial charge < -0.3 is 53.4 Å². The Kier molecular flexibility index (Phi) is 21.4. The highest BCUT2D eigenvalue weighted by molar-refractivity contribution is 5.97. The third kappa shape index (κ3) is 18.5. The van der Waals surface area contributed by atoms with Gasteiger partial charge in [-0.1, -0.05) is 88.4 Å². The van der Waals surface area contributed by atoms with Gasteiger partial charge >= 0.3 is 24.1 Å². The molecule has 0 radical (unpaired) electrons. The zero-order valence-corrected chi connectivity index (χ0v) is 35.9. The molecule has 328 valence electrons. The van der Waals surface area contributed by atoms with Gasteiger partial charge in [-0.3, -0.25) is 9.59 Å². The number of aromatic nitrogens is 2. The molecule has 0 saturated carbocycles. The fraction of sp³-hybridized carbons (Fsp3) is 0.364. The topological polar surface area (TPSA) is 217 Å². The molecule has 0 fully saturated rings. The van der Waals surface area contributed by atoms with Crippen LogP contribution in [0.2, 0.25) is 0 Å². The van der Waals surface area contributed by atoms with Crippen LogP contribution in [0, 0.1) is 11.8 Å². The molecular weight excluding hydrogens is 808 g/mol. The van der Waals surface area contributed by atoms with Crippen LogP contribution in [-0.2, 0) is 45.4 Å². The number of rotatable bonds is 18. The number of alkyl carbamates (subject to hydrolysis) is 2. The van der Waals surface area contributed by atoms with Crippen LogP contribution in [0.4, 0.5) is 9.59 Å². The van der Waals surface area contributed by atoms with Gasteiger partial charge in [-0.05, 0) is 49.7 Å². The summed E-state index contributed by atoms with van der Waals surface area (Å²) < 4.78 is 13.6. The maximum absolute atomic E-state index is 12.2. The third-order valence-corrected chi connectivity index (χ3v) is 8.93. The van der Waals surface area contributed by atoms with Gasteiger partial charge in [0, 0.05) is 36.3 Å². The summed E-state index contributed by atoms with van der Waals surface area (Å²) in [5, 5.41) is 28.9. The van der Waals surface area contributed by atoms with Crippen LogP contribution in [0.1, 0.15) is 73.4 Å². The smallest absolute Gasteiger partial charge is 0.412 e. The van der Waals surface area contributed by atoms with Crippen molar-refractivity contribution in [2.45, 2.75) is 92.0 Å². The number of pyridine rings is 2. The number of amides is 4. The van der Waals surface area contributed by atoms with Crippen LogP contribution in [0.3, 0.4) is 0 Å². The fourth-order valence-electron chi connectivity index (χ4n) is 5.66. The summed E-state index contributed by atoms with van der Waals surface area (Å²) in [7, 11) is 0. The van der Waals surface area contributed by atoms with Gasteiger partial charge in [-0.2, -0.15) is 9.13 Å². The van der Waals surface area contributed by atoms with Crippen LogP contribution >= 0.6 is 0 Å². The van der Waals surface area contributed by atoms with Crippen LogP contribution in [0.25, 0.3) is 0 Å². The first-order valence-electron chi connectivity index (χ1n) is 19.5. The first-order valence-corrected chi connectivity index (χ1v) is 19.5. The van der Waals surface area contributed by atoms with Crippen LogP contribution in [0.5, 0.6) is 0 Å². The van der Waals surface area contributed by atoms with E-state index in [1.807, 2.05) is 74.5 Å². The van der Waals surface area contributed by atoms with Gasteiger partial charge in [0.25, 0.3) is 25.3 Å². The van der Waals surface area contributed by atoms with Crippen molar-refractivity contribution in [3.63, 3.8) is 0 Å². The lowest BCUT2D eigenvalue weighted by atomic mass is 10.0. The molecule has 0 aliphatic carbocycles. The maximum atomic E-state index is 12.2. The van der Waals surface area contributed by atoms with E-state index < -0.39 is 48.0 Å². The molecular formula is C44H56ClN6O10+. The predicted molar refractivity (Wildman–Crippen MR) is 219 cm³/mol. The predicted octanol–water partition coefficient (Wildman–Crippen LogP) is 1.26. The Morgan fingerprint density at radius 2 is 0.820 bits per heavy atom. The van der Waals surface area contributed by atoms with Crippen molar-refractivity contribution >= 4 is 35.9 Å². The van der Waals surface area contributed by atoms with E-state index in [0.717, 1.165) is 11.1 Å². The van der Waals surface area contributed by atoms with Crippen molar-refractivity contribution in [1.29, 1.82) is 0 Å². The summed E-state index contributed by atoms with van der Waals surface area (Å²) >= 11 is 0. The molecule has 2 aromatic carbocycles. The van der Waals surface area contributed by atoms with E-state index >= 15 is 0 Å². The number of nitrogens with one attached hydrogen (secondary N) is 4. The Hall–Kier alpha value is -6.55. The number of carbonyl (C=O) groups excluding carboxylic acids is 4. The number of benzene rings is 2. The minimum Gasteiger partial charge on any atom is -1.00 e. The second-order valence-corrected chi connectivity index (χ2v) is 14.9. The zero-order chi connectivity index (χ0) is 44.2. The number of hydrogen-bond acceptors (Lipinski definition) is 8. The number of hydrogen-bond donors (Lipinski definition) is 6. The molecule has 61 heavy (non-hydrogen) atoms. The highest BCUT2D eigenvalue weighted by atomic mass is 35.5. The van der Waals surface area contributed by atoms with Gasteiger partial charge in [0.15, 0.2) is 24.8 Å². The summed E-state index contributed by atoms with van der Waals surface area (Å²) in [6.07, 6.45) is 6.66. The van der Waals surface area contributed by atoms with Crippen LogP contribution in [0.15, 0.2) is 110 Å². The lowest BCUT2D eigenvalue weighted by molar-refractivity contribution is -0.727. The maximum Gasteiger partial charge on any atom is 0.412 e. The van der Waals surface area contributed by atoms with E-state index in [0.29, 0.717) is 24.0 Å². The van der Waals surface area contributed by atoms with Crippen molar-refractivity contribution < 1.29 is 70.0 Å². The van der Waals surface area contributed by atoms with Gasteiger partial charge in [-0.15, -0.1) is 0 Å². The number of carbonyl (C=O) groups is 6. The molecule has 17 heteroatoms. The number of carboxylic acid groups (broad SMARTS) is 2. The van der Waals surface area contributed by atoms with Gasteiger partial charge in [0.2, 0.25) is 0 Å². The van der Waals surface area contributed by atoms with Crippen molar-refractivity contribution in [3.05, 3.63) is 132 Å². The standard InChI is InChI=1S/2C22H27N3O5.ClH/c2*1-15(2)19(21(27)28)24-20(26)18-9-11-25(12-10-18)14-30-22(29)23-16(3)13-17-7-5-4-6-8-17;/h2*4-12,15-16,19H,13-14H2,1-3H3,(H2-,23,24,26,27,28,29);1H/p+1/t2*16-,19-;/m00./s1. The fourth-order valence-corrected chi connectivity index (χ4v) is 5.66. The molecule has 4 amide bonds. The Bertz CT molecular complexity index is 1860. The minimum atomic E-state index is -1.08. The largest absolute Gasteiger partial charge is 1.00 e. The molecule has 4 atom stereocenters. The van der Waals surface area contributed by atoms with E-state index in [9.17, 15) is 39.0 Å². The second kappa shape index (κ2) is 25.8. The lowest BCUT2D eigenvalue weighted by Gasteiger charge is -2.17. The lowest BCUT2D eigenvalue weighted by Crippen LogP contribution is -3.00. The summed E-state index contributed by atoms with van der Waals surface area (Å²) in [5.74, 6) is -3.59. The highest BCUT2D eigenvalue weighted by Crippen LogP contribution is 2.07. The molecule has 0 unspecified atom stereocenters. The number of halogens is 1. The molecule has 16 nitrogen and oxygen atoms in total. The summed E-state index contributed by atoms with van der Waals surface area (Å²) in [6.45, 7) is 10.7. The molecule has 0 aliphatic rings. The Morgan fingerprint density at radius 3 is 1.10 bits per heavy atom. The van der Waals surface area contributed by atoms with Gasteiger partial charge in [0.05, 0.1) is 11.1 Å². The summed E-state index contributed by atoms with van der Waals surface area (Å²) in [5.41, 5.74) is 2.88. The van der Waals surface area contributed by atoms with Crippen molar-refractivity contribution in [2.75, 3.05) is 0 Å². The van der Waals surface area contributed by atoms with E-state index in [1.165, 1.54) is 24.3 Å². The quantitative estimate of drug-likeness (QED) is 0.0788.